The fraction of sp³-hybridized carbons (Fsp3) is 0.556. The van der Waals surface area contributed by atoms with Crippen LogP contribution >= 0.6 is 43.2 Å². The highest BCUT2D eigenvalue weighted by atomic mass is 79.9. The van der Waals surface area contributed by atoms with E-state index < -0.39 is 0 Å². The number of halogens is 2. The lowest BCUT2D eigenvalue weighted by Crippen LogP contribution is -2.26. The molecule has 5 heteroatoms. The highest BCUT2D eigenvalue weighted by molar-refractivity contribution is 9.12. The van der Waals surface area contributed by atoms with Gasteiger partial charge in [0.1, 0.15) is 0 Å². The van der Waals surface area contributed by atoms with Gasteiger partial charge in [0.2, 0.25) is 0 Å². The Kier molecular flexibility index (Phi) is 5.62. The van der Waals surface area contributed by atoms with Crippen LogP contribution in [0.5, 0.6) is 0 Å². The standard InChI is InChI=1S/C9H14Br2N2S/c1-13(2)4-3-12-6-7-5-8(10)14-9(7)11/h5,12H,3-4,6H2,1-2H3. The second-order valence-corrected chi connectivity index (χ2v) is 7.08. The van der Waals surface area contributed by atoms with Crippen molar-refractivity contribution >= 4 is 43.2 Å². The molecular weight excluding hydrogens is 328 g/mol. The lowest BCUT2D eigenvalue weighted by molar-refractivity contribution is 0.400. The number of nitrogens with one attached hydrogen (secondary N) is 1. The molecule has 0 saturated heterocycles. The van der Waals surface area contributed by atoms with Gasteiger partial charge in [0.05, 0.1) is 7.57 Å². The Morgan fingerprint density at radius 2 is 2.14 bits per heavy atom. The Labute approximate surface area is 106 Å². The molecule has 0 radical (unpaired) electrons. The highest BCUT2D eigenvalue weighted by Gasteiger charge is 2.03. The first-order valence-corrected chi connectivity index (χ1v) is 6.79. The molecule has 1 aromatic heterocycles. The number of rotatable bonds is 5. The van der Waals surface area contributed by atoms with Gasteiger partial charge in [-0.15, -0.1) is 11.3 Å². The molecule has 0 spiro atoms. The molecule has 0 fully saturated rings. The number of hydrogen-bond acceptors (Lipinski definition) is 3. The molecule has 0 aliphatic carbocycles. The lowest BCUT2D eigenvalue weighted by atomic mass is 10.3. The SMILES string of the molecule is CN(C)CCNCc1cc(Br)sc1Br. The van der Waals surface area contributed by atoms with Gasteiger partial charge in [0, 0.05) is 19.6 Å². The Hall–Kier alpha value is 0.580. The van der Waals surface area contributed by atoms with Crippen LogP contribution in [0, 0.1) is 0 Å². The third kappa shape index (κ3) is 4.40. The van der Waals surface area contributed by atoms with Crippen molar-refractivity contribution < 1.29 is 0 Å². The molecule has 0 aliphatic heterocycles. The largest absolute Gasteiger partial charge is 0.311 e. The number of thiophene rings is 1. The third-order valence-corrected chi connectivity index (χ3v) is 4.24. The van der Waals surface area contributed by atoms with Crippen LogP contribution in [0.2, 0.25) is 0 Å². The monoisotopic (exact) mass is 340 g/mol. The number of hydrogen-bond donors (Lipinski definition) is 1. The van der Waals surface area contributed by atoms with Crippen LogP contribution in [0.4, 0.5) is 0 Å². The summed E-state index contributed by atoms with van der Waals surface area (Å²) >= 11 is 8.72. The van der Waals surface area contributed by atoms with E-state index in [0.29, 0.717) is 0 Å². The molecule has 0 atom stereocenters. The van der Waals surface area contributed by atoms with Gasteiger partial charge in [0.15, 0.2) is 0 Å². The summed E-state index contributed by atoms with van der Waals surface area (Å²) in [5, 5.41) is 3.40. The third-order valence-electron chi connectivity index (χ3n) is 1.78. The molecule has 1 heterocycles. The maximum absolute atomic E-state index is 3.54. The zero-order valence-electron chi connectivity index (χ0n) is 8.31. The summed E-state index contributed by atoms with van der Waals surface area (Å²) in [4.78, 5) is 2.17. The van der Waals surface area contributed by atoms with Crippen molar-refractivity contribution in [3.8, 4) is 0 Å². The van der Waals surface area contributed by atoms with Crippen molar-refractivity contribution in [2.45, 2.75) is 6.54 Å². The average Bonchev–Trinajstić information content (AvgIpc) is 2.39. The molecule has 1 N–H and O–H groups in total. The van der Waals surface area contributed by atoms with Gasteiger partial charge < -0.3 is 10.2 Å². The zero-order chi connectivity index (χ0) is 10.6. The summed E-state index contributed by atoms with van der Waals surface area (Å²) in [6, 6.07) is 2.15. The maximum Gasteiger partial charge on any atom is 0.0755 e. The van der Waals surface area contributed by atoms with Crippen LogP contribution < -0.4 is 5.32 Å². The predicted octanol–water partition coefficient (Wildman–Crippen LogP) is 2.92. The van der Waals surface area contributed by atoms with E-state index in [2.05, 4.69) is 62.2 Å². The fourth-order valence-electron chi connectivity index (χ4n) is 1.02. The Morgan fingerprint density at radius 3 is 2.64 bits per heavy atom. The molecule has 14 heavy (non-hydrogen) atoms. The first-order valence-electron chi connectivity index (χ1n) is 4.38. The van der Waals surface area contributed by atoms with Crippen LogP contribution in [0.3, 0.4) is 0 Å². The first kappa shape index (κ1) is 12.6. The predicted molar refractivity (Wildman–Crippen MR) is 70.0 cm³/mol. The summed E-state index contributed by atoms with van der Waals surface area (Å²) < 4.78 is 2.38. The quantitative estimate of drug-likeness (QED) is 0.828. The molecule has 0 aliphatic rings. The average molecular weight is 342 g/mol. The molecule has 0 bridgehead atoms. The van der Waals surface area contributed by atoms with E-state index in [9.17, 15) is 0 Å². The molecule has 0 unspecified atom stereocenters. The zero-order valence-corrected chi connectivity index (χ0v) is 12.3. The normalized spacial score (nSPS) is 11.2. The molecular formula is C9H14Br2N2S. The summed E-state index contributed by atoms with van der Waals surface area (Å²) in [7, 11) is 4.16. The van der Waals surface area contributed by atoms with Gasteiger partial charge in [-0.05, 0) is 57.6 Å². The summed E-state index contributed by atoms with van der Waals surface area (Å²) in [6.45, 7) is 3.02. The minimum atomic E-state index is 0.927. The van der Waals surface area contributed by atoms with Crippen LogP contribution in [-0.4, -0.2) is 32.1 Å². The van der Waals surface area contributed by atoms with Crippen molar-refractivity contribution in [3.05, 3.63) is 19.2 Å². The molecule has 80 valence electrons. The second kappa shape index (κ2) is 6.23. The minimum Gasteiger partial charge on any atom is -0.311 e. The van der Waals surface area contributed by atoms with Crippen LogP contribution in [0.1, 0.15) is 5.56 Å². The molecule has 0 aromatic carbocycles. The maximum atomic E-state index is 3.54. The van der Waals surface area contributed by atoms with Crippen molar-refractivity contribution in [3.63, 3.8) is 0 Å². The van der Waals surface area contributed by atoms with Crippen LogP contribution in [0.15, 0.2) is 13.6 Å². The van der Waals surface area contributed by atoms with E-state index in [1.165, 1.54) is 13.1 Å². The van der Waals surface area contributed by atoms with Gasteiger partial charge in [-0.3, -0.25) is 0 Å². The van der Waals surface area contributed by atoms with E-state index >= 15 is 0 Å². The minimum absolute atomic E-state index is 0.927. The van der Waals surface area contributed by atoms with Crippen molar-refractivity contribution in [2.75, 3.05) is 27.2 Å². The number of likely N-dealkylation sites (N-methyl/N-ethyl adjacent to an activating group) is 1. The smallest absolute Gasteiger partial charge is 0.0755 e. The Morgan fingerprint density at radius 1 is 1.43 bits per heavy atom. The summed E-state index contributed by atoms with van der Waals surface area (Å²) in [6.07, 6.45) is 0. The highest BCUT2D eigenvalue weighted by Crippen LogP contribution is 2.31. The Bertz CT molecular complexity index is 286. The van der Waals surface area contributed by atoms with E-state index in [-0.39, 0.29) is 0 Å². The molecule has 2 nitrogen and oxygen atoms in total. The summed E-state index contributed by atoms with van der Waals surface area (Å²) in [5.41, 5.74) is 1.32. The summed E-state index contributed by atoms with van der Waals surface area (Å²) in [5.74, 6) is 0. The topological polar surface area (TPSA) is 15.3 Å². The van der Waals surface area contributed by atoms with Gasteiger partial charge in [-0.2, -0.15) is 0 Å². The molecule has 0 saturated carbocycles. The van der Waals surface area contributed by atoms with Gasteiger partial charge in [0.25, 0.3) is 0 Å². The van der Waals surface area contributed by atoms with Gasteiger partial charge >= 0.3 is 0 Å². The Balaban J connectivity index is 2.28. The van der Waals surface area contributed by atoms with Crippen LogP contribution in [0.25, 0.3) is 0 Å². The number of nitrogens with zero attached hydrogens (tertiary/aromatic N) is 1. The molecule has 0 amide bonds. The molecule has 1 rings (SSSR count). The van der Waals surface area contributed by atoms with E-state index in [0.717, 1.165) is 19.6 Å². The second-order valence-electron chi connectivity index (χ2n) is 3.33. The fourth-order valence-corrected chi connectivity index (χ4v) is 3.85. The molecule has 1 aromatic rings. The van der Waals surface area contributed by atoms with E-state index in [4.69, 9.17) is 0 Å². The first-order chi connectivity index (χ1) is 6.59. The van der Waals surface area contributed by atoms with Crippen molar-refractivity contribution in [2.24, 2.45) is 0 Å². The van der Waals surface area contributed by atoms with Crippen LogP contribution in [-0.2, 0) is 6.54 Å². The van der Waals surface area contributed by atoms with Gasteiger partial charge in [-0.25, -0.2) is 0 Å². The van der Waals surface area contributed by atoms with Gasteiger partial charge in [-0.1, -0.05) is 0 Å². The van der Waals surface area contributed by atoms with E-state index in [1.54, 1.807) is 11.3 Å². The van der Waals surface area contributed by atoms with Crippen molar-refractivity contribution in [1.29, 1.82) is 0 Å². The van der Waals surface area contributed by atoms with Crippen molar-refractivity contribution in [1.82, 2.24) is 10.2 Å². The lowest BCUT2D eigenvalue weighted by Gasteiger charge is -2.09. The van der Waals surface area contributed by atoms with E-state index in [1.807, 2.05) is 0 Å².